The maximum Gasteiger partial charge on any atom is 0.184 e. The van der Waals surface area contributed by atoms with Gasteiger partial charge in [-0.15, -0.1) is 5.54 Å². The molecule has 0 saturated heterocycles. The molecule has 0 unspecified atom stereocenters. The third-order valence-electron chi connectivity index (χ3n) is 3.74. The number of aromatic nitrogens is 1. The van der Waals surface area contributed by atoms with E-state index >= 15 is 0 Å². The molecule has 2 heterocycles. The molecule has 1 aromatic rings. The van der Waals surface area contributed by atoms with E-state index in [4.69, 9.17) is 0 Å². The van der Waals surface area contributed by atoms with Crippen molar-refractivity contribution in [3.8, 4) is 11.5 Å². The second-order valence-electron chi connectivity index (χ2n) is 8.08. The van der Waals surface area contributed by atoms with Crippen LogP contribution in [0.1, 0.15) is 55.4 Å². The van der Waals surface area contributed by atoms with Crippen molar-refractivity contribution in [3.63, 3.8) is 0 Å². The average molecular weight is 302 g/mol. The van der Waals surface area contributed by atoms with E-state index in [0.717, 1.165) is 30.6 Å². The lowest BCUT2D eigenvalue weighted by molar-refractivity contribution is 0.0847. The van der Waals surface area contributed by atoms with Crippen molar-refractivity contribution in [2.75, 3.05) is 0 Å². The molecule has 0 N–H and O–H groups in total. The van der Waals surface area contributed by atoms with Crippen LogP contribution in [-0.4, -0.2) is 18.4 Å². The van der Waals surface area contributed by atoms with E-state index in [0.29, 0.717) is 0 Å². The Labute approximate surface area is 129 Å². The van der Waals surface area contributed by atoms with Crippen molar-refractivity contribution in [1.29, 1.82) is 0 Å². The molecule has 2 nitrogen and oxygen atoms in total. The summed E-state index contributed by atoms with van der Waals surface area (Å²) in [4.78, 5) is 12.7. The lowest BCUT2D eigenvalue weighted by atomic mass is 9.89. The SMILES string of the molecule is CC(C)(C)C(=O)c1cc(C#C[Si](C)(C)C)c2n1CCCC2. The second kappa shape index (κ2) is 5.49. The molecule has 0 radical (unpaired) electrons. The van der Waals surface area contributed by atoms with Gasteiger partial charge >= 0.3 is 0 Å². The van der Waals surface area contributed by atoms with Crippen molar-refractivity contribution in [2.45, 2.75) is 66.2 Å². The van der Waals surface area contributed by atoms with Crippen LogP contribution in [0.25, 0.3) is 0 Å². The molecule has 0 aliphatic carbocycles. The number of ketones is 1. The van der Waals surface area contributed by atoms with Gasteiger partial charge in [0.25, 0.3) is 0 Å². The molecule has 2 rings (SSSR count). The largest absolute Gasteiger partial charge is 0.341 e. The van der Waals surface area contributed by atoms with Crippen molar-refractivity contribution in [3.05, 3.63) is 23.0 Å². The quantitative estimate of drug-likeness (QED) is 0.431. The van der Waals surface area contributed by atoms with E-state index in [2.05, 4.69) is 35.7 Å². The van der Waals surface area contributed by atoms with E-state index in [1.54, 1.807) is 0 Å². The Morgan fingerprint density at radius 2 is 1.90 bits per heavy atom. The molecule has 1 aromatic heterocycles. The number of hydrogen-bond donors (Lipinski definition) is 0. The fourth-order valence-corrected chi connectivity index (χ4v) is 3.12. The van der Waals surface area contributed by atoms with Crippen LogP contribution in [0.5, 0.6) is 0 Å². The number of nitrogens with zero attached hydrogens (tertiary/aromatic N) is 1. The Morgan fingerprint density at radius 3 is 2.48 bits per heavy atom. The van der Waals surface area contributed by atoms with Crippen LogP contribution in [0, 0.1) is 16.9 Å². The summed E-state index contributed by atoms with van der Waals surface area (Å²) in [5.41, 5.74) is 6.33. The maximum atomic E-state index is 12.7. The molecular weight excluding hydrogens is 274 g/mol. The first-order chi connectivity index (χ1) is 9.59. The first kappa shape index (κ1) is 16.1. The zero-order valence-electron chi connectivity index (χ0n) is 14.3. The average Bonchev–Trinajstić information content (AvgIpc) is 2.72. The van der Waals surface area contributed by atoms with Crippen LogP contribution in [0.2, 0.25) is 19.6 Å². The summed E-state index contributed by atoms with van der Waals surface area (Å²) in [5, 5.41) is 0. The lowest BCUT2D eigenvalue weighted by Crippen LogP contribution is -2.25. The Morgan fingerprint density at radius 1 is 1.24 bits per heavy atom. The molecule has 21 heavy (non-hydrogen) atoms. The molecule has 1 aliphatic rings. The van der Waals surface area contributed by atoms with E-state index in [1.807, 2.05) is 26.8 Å². The number of rotatable bonds is 1. The lowest BCUT2D eigenvalue weighted by Gasteiger charge is -2.22. The third kappa shape index (κ3) is 3.68. The summed E-state index contributed by atoms with van der Waals surface area (Å²) < 4.78 is 2.23. The van der Waals surface area contributed by atoms with Crippen molar-refractivity contribution in [1.82, 2.24) is 4.57 Å². The summed E-state index contributed by atoms with van der Waals surface area (Å²) in [6.07, 6.45) is 3.41. The Balaban J connectivity index is 2.51. The van der Waals surface area contributed by atoms with Crippen LogP contribution >= 0.6 is 0 Å². The van der Waals surface area contributed by atoms with Gasteiger partial charge in [-0.1, -0.05) is 46.3 Å². The van der Waals surface area contributed by atoms with Crippen molar-refractivity contribution >= 4 is 13.9 Å². The predicted octanol–water partition coefficient (Wildman–Crippen LogP) is 4.28. The van der Waals surface area contributed by atoms with Crippen LogP contribution in [0.4, 0.5) is 0 Å². The number of hydrogen-bond acceptors (Lipinski definition) is 1. The molecule has 0 atom stereocenters. The number of fused-ring (bicyclic) bond motifs is 1. The minimum absolute atomic E-state index is 0.228. The molecule has 1 aliphatic heterocycles. The summed E-state index contributed by atoms with van der Waals surface area (Å²) >= 11 is 0. The van der Waals surface area contributed by atoms with Crippen molar-refractivity contribution < 1.29 is 4.79 Å². The van der Waals surface area contributed by atoms with Crippen LogP contribution < -0.4 is 0 Å². The van der Waals surface area contributed by atoms with Crippen molar-refractivity contribution in [2.24, 2.45) is 5.41 Å². The minimum atomic E-state index is -1.40. The summed E-state index contributed by atoms with van der Waals surface area (Å²) in [6, 6.07) is 2.04. The molecule has 0 fully saturated rings. The number of carbonyl (C=O) groups is 1. The second-order valence-corrected chi connectivity index (χ2v) is 12.8. The highest BCUT2D eigenvalue weighted by molar-refractivity contribution is 6.83. The Kier molecular flexibility index (Phi) is 4.21. The van der Waals surface area contributed by atoms with Gasteiger partial charge in [0, 0.05) is 23.2 Å². The molecule has 0 bridgehead atoms. The van der Waals surface area contributed by atoms with Gasteiger partial charge in [-0.25, -0.2) is 0 Å². The Hall–Kier alpha value is -1.27. The third-order valence-corrected chi connectivity index (χ3v) is 4.61. The molecular formula is C18H27NOSi. The van der Waals surface area contributed by atoms with Crippen LogP contribution in [0.15, 0.2) is 6.07 Å². The highest BCUT2D eigenvalue weighted by Crippen LogP contribution is 2.28. The minimum Gasteiger partial charge on any atom is -0.341 e. The van der Waals surface area contributed by atoms with E-state index in [-0.39, 0.29) is 11.2 Å². The van der Waals surface area contributed by atoms with Gasteiger partial charge in [0.1, 0.15) is 8.07 Å². The first-order valence-corrected chi connectivity index (χ1v) is 11.4. The van der Waals surface area contributed by atoms with Gasteiger partial charge in [0.15, 0.2) is 5.78 Å². The fourth-order valence-electron chi connectivity index (χ4n) is 2.61. The summed E-state index contributed by atoms with van der Waals surface area (Å²) in [7, 11) is -1.40. The standard InChI is InChI=1S/C18H27NOSi/c1-18(2,3)17(20)16-13-14(10-12-21(4,5)6)15-9-7-8-11-19(15)16/h13H,7-9,11H2,1-6H3. The normalized spacial score (nSPS) is 15.1. The van der Waals surface area contributed by atoms with E-state index < -0.39 is 8.07 Å². The topological polar surface area (TPSA) is 22.0 Å². The molecule has 3 heteroatoms. The molecule has 0 saturated carbocycles. The zero-order valence-corrected chi connectivity index (χ0v) is 15.3. The van der Waals surface area contributed by atoms with Crippen LogP contribution in [-0.2, 0) is 13.0 Å². The van der Waals surface area contributed by atoms with Gasteiger partial charge in [-0.3, -0.25) is 4.79 Å². The monoisotopic (exact) mass is 301 g/mol. The highest BCUT2D eigenvalue weighted by atomic mass is 28.3. The Bertz CT molecular complexity index is 615. The molecule has 114 valence electrons. The number of carbonyl (C=O) groups excluding carboxylic acids is 1. The zero-order chi connectivity index (χ0) is 15.8. The highest BCUT2D eigenvalue weighted by Gasteiger charge is 2.29. The maximum absolute atomic E-state index is 12.7. The molecule has 0 aromatic carbocycles. The first-order valence-electron chi connectivity index (χ1n) is 7.90. The number of Topliss-reactive ketones (excluding diaryl/α,β-unsaturated/α-hetero) is 1. The molecule has 0 spiro atoms. The summed E-state index contributed by atoms with van der Waals surface area (Å²) in [5.74, 6) is 3.61. The molecule has 0 amide bonds. The van der Waals surface area contributed by atoms with Gasteiger partial charge in [0.05, 0.1) is 5.69 Å². The summed E-state index contributed by atoms with van der Waals surface area (Å²) in [6.45, 7) is 13.7. The van der Waals surface area contributed by atoms with Gasteiger partial charge < -0.3 is 4.57 Å². The smallest absolute Gasteiger partial charge is 0.184 e. The van der Waals surface area contributed by atoms with E-state index in [1.165, 1.54) is 12.1 Å². The fraction of sp³-hybridized carbons (Fsp3) is 0.611. The predicted molar refractivity (Wildman–Crippen MR) is 91.4 cm³/mol. The van der Waals surface area contributed by atoms with Gasteiger partial charge in [-0.05, 0) is 25.3 Å². The van der Waals surface area contributed by atoms with Gasteiger partial charge in [0.2, 0.25) is 0 Å². The van der Waals surface area contributed by atoms with E-state index in [9.17, 15) is 4.79 Å². The van der Waals surface area contributed by atoms with Gasteiger partial charge in [-0.2, -0.15) is 0 Å². The van der Waals surface area contributed by atoms with Crippen LogP contribution in [0.3, 0.4) is 0 Å².